The molecule has 0 radical (unpaired) electrons. The lowest BCUT2D eigenvalue weighted by Crippen LogP contribution is -2.44. The minimum atomic E-state index is -0.248. The Balaban J connectivity index is 1.45. The summed E-state index contributed by atoms with van der Waals surface area (Å²) in [5.41, 5.74) is 0.713. The zero-order valence-corrected chi connectivity index (χ0v) is 16.8. The number of carbonyl (C=O) groups excluding carboxylic acids is 1. The van der Waals surface area contributed by atoms with Crippen LogP contribution in [0.15, 0.2) is 29.1 Å². The highest BCUT2D eigenvalue weighted by Gasteiger charge is 2.34. The average molecular weight is 400 g/mol. The quantitative estimate of drug-likeness (QED) is 0.839. The Bertz CT molecular complexity index is 910. The number of hydrogen-bond acceptors (Lipinski definition) is 3. The first-order valence-electron chi connectivity index (χ1n) is 10.8. The molecular weight excluding hydrogens is 371 g/mol. The third-order valence-corrected chi connectivity index (χ3v) is 6.47. The summed E-state index contributed by atoms with van der Waals surface area (Å²) in [5, 5.41) is 7.43. The first kappa shape index (κ1) is 19.9. The van der Waals surface area contributed by atoms with Crippen LogP contribution in [0.2, 0.25) is 0 Å². The molecule has 1 amide bonds. The van der Waals surface area contributed by atoms with Gasteiger partial charge >= 0.3 is 5.69 Å². The van der Waals surface area contributed by atoms with E-state index in [1.807, 2.05) is 12.1 Å². The maximum atomic E-state index is 13.4. The molecule has 7 heteroatoms. The monoisotopic (exact) mass is 400 g/mol. The van der Waals surface area contributed by atoms with Gasteiger partial charge in [0.1, 0.15) is 18.2 Å². The van der Waals surface area contributed by atoms with Gasteiger partial charge in [0.15, 0.2) is 0 Å². The Kier molecular flexibility index (Phi) is 5.83. The molecule has 1 aliphatic carbocycles. The number of benzene rings is 1. The van der Waals surface area contributed by atoms with E-state index in [2.05, 4.69) is 10.4 Å². The summed E-state index contributed by atoms with van der Waals surface area (Å²) in [6.07, 6.45) is 9.23. The molecule has 0 saturated heterocycles. The Hall–Kier alpha value is -2.44. The van der Waals surface area contributed by atoms with Gasteiger partial charge in [-0.2, -0.15) is 5.10 Å². The predicted octanol–water partition coefficient (Wildman–Crippen LogP) is 2.93. The van der Waals surface area contributed by atoms with Crippen molar-refractivity contribution < 1.29 is 9.18 Å². The van der Waals surface area contributed by atoms with E-state index < -0.39 is 0 Å². The fourth-order valence-electron chi connectivity index (χ4n) is 4.79. The molecule has 1 aliphatic heterocycles. The van der Waals surface area contributed by atoms with Crippen molar-refractivity contribution in [3.63, 3.8) is 0 Å². The molecule has 0 atom stereocenters. The van der Waals surface area contributed by atoms with Crippen LogP contribution < -0.4 is 11.0 Å². The summed E-state index contributed by atoms with van der Waals surface area (Å²) in [5.74, 6) is 0.338. The highest BCUT2D eigenvalue weighted by atomic mass is 19.1. The van der Waals surface area contributed by atoms with Crippen LogP contribution in [-0.4, -0.2) is 26.8 Å². The zero-order chi connectivity index (χ0) is 20.3. The second-order valence-corrected chi connectivity index (χ2v) is 8.44. The van der Waals surface area contributed by atoms with Crippen LogP contribution in [0, 0.1) is 5.82 Å². The van der Waals surface area contributed by atoms with Crippen molar-refractivity contribution in [2.75, 3.05) is 6.54 Å². The van der Waals surface area contributed by atoms with Gasteiger partial charge in [0, 0.05) is 24.9 Å². The van der Waals surface area contributed by atoms with Gasteiger partial charge in [0.25, 0.3) is 0 Å². The van der Waals surface area contributed by atoms with Crippen molar-refractivity contribution in [3.05, 3.63) is 52.0 Å². The van der Waals surface area contributed by atoms with Crippen molar-refractivity contribution in [2.24, 2.45) is 0 Å². The van der Waals surface area contributed by atoms with Gasteiger partial charge in [-0.15, -0.1) is 0 Å². The van der Waals surface area contributed by atoms with Gasteiger partial charge in [-0.1, -0.05) is 37.8 Å². The molecule has 6 nitrogen and oxygen atoms in total. The van der Waals surface area contributed by atoms with Crippen LogP contribution in [0.3, 0.4) is 0 Å². The largest absolute Gasteiger partial charge is 0.354 e. The van der Waals surface area contributed by atoms with E-state index in [1.54, 1.807) is 4.57 Å². The van der Waals surface area contributed by atoms with Crippen molar-refractivity contribution in [1.82, 2.24) is 19.7 Å². The fourth-order valence-corrected chi connectivity index (χ4v) is 4.79. The number of hydrogen-bond donors (Lipinski definition) is 1. The van der Waals surface area contributed by atoms with Crippen molar-refractivity contribution in [3.8, 4) is 0 Å². The number of carbonyl (C=O) groups is 1. The zero-order valence-electron chi connectivity index (χ0n) is 16.8. The standard InChI is InChI=1S/C22H29FN4O2/c23-18-10-8-17(9-11-18)22(12-4-2-5-13-22)16-24-20(28)15-27-21(29)26-14-6-1-3-7-19(26)25-27/h8-11H,1-7,12-16H2,(H,24,28). The third-order valence-electron chi connectivity index (χ3n) is 6.47. The van der Waals surface area contributed by atoms with Gasteiger partial charge in [0.2, 0.25) is 5.91 Å². The minimum Gasteiger partial charge on any atom is -0.354 e. The number of aromatic nitrogens is 3. The van der Waals surface area contributed by atoms with E-state index in [-0.39, 0.29) is 29.4 Å². The summed E-state index contributed by atoms with van der Waals surface area (Å²) in [6, 6.07) is 6.66. The molecule has 1 aromatic heterocycles. The number of fused-ring (bicyclic) bond motifs is 1. The lowest BCUT2D eigenvalue weighted by molar-refractivity contribution is -0.122. The molecule has 2 heterocycles. The molecule has 4 rings (SSSR count). The van der Waals surface area contributed by atoms with Gasteiger partial charge in [-0.3, -0.25) is 9.36 Å². The van der Waals surface area contributed by atoms with Crippen molar-refractivity contribution in [2.45, 2.75) is 76.3 Å². The number of nitrogens with zero attached hydrogens (tertiary/aromatic N) is 3. The summed E-state index contributed by atoms with van der Waals surface area (Å²) < 4.78 is 16.4. The summed E-state index contributed by atoms with van der Waals surface area (Å²) in [6.45, 7) is 1.13. The molecule has 156 valence electrons. The van der Waals surface area contributed by atoms with Crippen LogP contribution in [0.5, 0.6) is 0 Å². The fraction of sp³-hybridized carbons (Fsp3) is 0.591. The maximum Gasteiger partial charge on any atom is 0.346 e. The van der Waals surface area contributed by atoms with Crippen LogP contribution in [0.25, 0.3) is 0 Å². The number of amides is 1. The van der Waals surface area contributed by atoms with Gasteiger partial charge in [-0.05, 0) is 43.4 Å². The van der Waals surface area contributed by atoms with E-state index in [0.717, 1.165) is 62.8 Å². The first-order chi connectivity index (χ1) is 14.1. The Morgan fingerprint density at radius 1 is 1.07 bits per heavy atom. The third kappa shape index (κ3) is 4.28. The molecule has 29 heavy (non-hydrogen) atoms. The molecule has 2 aromatic rings. The highest BCUT2D eigenvalue weighted by molar-refractivity contribution is 5.75. The molecule has 0 bridgehead atoms. The smallest absolute Gasteiger partial charge is 0.346 e. The first-order valence-corrected chi connectivity index (χ1v) is 10.8. The van der Waals surface area contributed by atoms with E-state index in [0.29, 0.717) is 13.1 Å². The van der Waals surface area contributed by atoms with E-state index >= 15 is 0 Å². The summed E-state index contributed by atoms with van der Waals surface area (Å²) in [7, 11) is 0. The Morgan fingerprint density at radius 2 is 1.79 bits per heavy atom. The normalized spacial score (nSPS) is 18.7. The molecule has 1 fully saturated rings. The average Bonchev–Trinajstić information content (AvgIpc) is 2.89. The SMILES string of the molecule is O=C(Cn1nc2n(c1=O)CCCCC2)NCC1(c2ccc(F)cc2)CCCCC1. The van der Waals surface area contributed by atoms with Crippen LogP contribution in [0.4, 0.5) is 4.39 Å². The molecule has 1 aromatic carbocycles. The predicted molar refractivity (Wildman–Crippen MR) is 108 cm³/mol. The lowest BCUT2D eigenvalue weighted by atomic mass is 9.69. The van der Waals surface area contributed by atoms with Crippen LogP contribution >= 0.6 is 0 Å². The van der Waals surface area contributed by atoms with Gasteiger partial charge < -0.3 is 5.32 Å². The minimum absolute atomic E-state index is 0.0572. The topological polar surface area (TPSA) is 68.9 Å². The molecule has 0 unspecified atom stereocenters. The number of halogens is 1. The van der Waals surface area contributed by atoms with Crippen molar-refractivity contribution in [1.29, 1.82) is 0 Å². The number of aryl methyl sites for hydroxylation is 1. The number of rotatable bonds is 5. The molecular formula is C22H29FN4O2. The Labute approximate surface area is 170 Å². The number of nitrogens with one attached hydrogen (secondary N) is 1. The van der Waals surface area contributed by atoms with E-state index in [4.69, 9.17) is 0 Å². The summed E-state index contributed by atoms with van der Waals surface area (Å²) >= 11 is 0. The summed E-state index contributed by atoms with van der Waals surface area (Å²) in [4.78, 5) is 25.2. The van der Waals surface area contributed by atoms with Gasteiger partial charge in [-0.25, -0.2) is 13.9 Å². The lowest BCUT2D eigenvalue weighted by Gasteiger charge is -2.38. The Morgan fingerprint density at radius 3 is 2.55 bits per heavy atom. The molecule has 1 N–H and O–H groups in total. The molecule has 2 aliphatic rings. The van der Waals surface area contributed by atoms with Crippen LogP contribution in [-0.2, 0) is 29.7 Å². The van der Waals surface area contributed by atoms with Gasteiger partial charge in [0.05, 0.1) is 0 Å². The van der Waals surface area contributed by atoms with Crippen LogP contribution in [0.1, 0.15) is 62.8 Å². The maximum absolute atomic E-state index is 13.4. The highest BCUT2D eigenvalue weighted by Crippen LogP contribution is 2.39. The second kappa shape index (κ2) is 8.51. The second-order valence-electron chi connectivity index (χ2n) is 8.44. The molecule has 1 saturated carbocycles. The van der Waals surface area contributed by atoms with E-state index in [9.17, 15) is 14.0 Å². The molecule has 0 spiro atoms. The van der Waals surface area contributed by atoms with Crippen molar-refractivity contribution >= 4 is 5.91 Å². The van der Waals surface area contributed by atoms with E-state index in [1.165, 1.54) is 23.2 Å².